The molecule has 0 unspecified atom stereocenters. The Labute approximate surface area is 97.3 Å². The average Bonchev–Trinajstić information content (AvgIpc) is 2.29. The van der Waals surface area contributed by atoms with E-state index in [0.29, 0.717) is 11.5 Å². The van der Waals surface area contributed by atoms with Gasteiger partial charge in [-0.2, -0.15) is 0 Å². The highest BCUT2D eigenvalue weighted by atomic mass is 19.1. The number of nitrogens with one attached hydrogen (secondary N) is 1. The summed E-state index contributed by atoms with van der Waals surface area (Å²) < 4.78 is 13.3. The minimum absolute atomic E-state index is 0.0308. The molecular weight excluding hydrogens is 221 g/mol. The van der Waals surface area contributed by atoms with Gasteiger partial charge in [-0.15, -0.1) is 0 Å². The Bertz CT molecular complexity index is 557. The van der Waals surface area contributed by atoms with Gasteiger partial charge in [0, 0.05) is 18.0 Å². The van der Waals surface area contributed by atoms with E-state index in [1.807, 2.05) is 0 Å². The molecular formula is C12H10FN3O. The molecule has 1 amide bonds. The SMILES string of the molecule is Nc1ccnc(NC(=O)c2ccccc2F)c1. The molecule has 4 nitrogen and oxygen atoms in total. The Balaban J connectivity index is 2.20. The summed E-state index contributed by atoms with van der Waals surface area (Å²) in [7, 11) is 0. The molecule has 3 N–H and O–H groups in total. The lowest BCUT2D eigenvalue weighted by molar-refractivity contribution is 0.102. The second-order valence-electron chi connectivity index (χ2n) is 3.41. The van der Waals surface area contributed by atoms with E-state index in [-0.39, 0.29) is 5.56 Å². The van der Waals surface area contributed by atoms with Gasteiger partial charge in [0.15, 0.2) is 0 Å². The van der Waals surface area contributed by atoms with Crippen LogP contribution in [0.4, 0.5) is 15.9 Å². The van der Waals surface area contributed by atoms with Crippen LogP contribution in [0.5, 0.6) is 0 Å². The number of hydrogen-bond acceptors (Lipinski definition) is 3. The van der Waals surface area contributed by atoms with Gasteiger partial charge in [0.25, 0.3) is 5.91 Å². The first-order valence-electron chi connectivity index (χ1n) is 4.94. The Kier molecular flexibility index (Phi) is 3.00. The van der Waals surface area contributed by atoms with Crippen molar-refractivity contribution in [2.45, 2.75) is 0 Å². The van der Waals surface area contributed by atoms with Crippen molar-refractivity contribution in [1.29, 1.82) is 0 Å². The third-order valence-electron chi connectivity index (χ3n) is 2.14. The molecule has 1 heterocycles. The number of nitrogen functional groups attached to an aromatic ring is 1. The predicted molar refractivity (Wildman–Crippen MR) is 63.0 cm³/mol. The monoisotopic (exact) mass is 231 g/mol. The van der Waals surface area contributed by atoms with Crippen LogP contribution in [0.25, 0.3) is 0 Å². The second-order valence-corrected chi connectivity index (χ2v) is 3.41. The molecule has 2 rings (SSSR count). The number of anilines is 2. The number of carbonyl (C=O) groups is 1. The standard InChI is InChI=1S/C12H10FN3O/c13-10-4-2-1-3-9(10)12(17)16-11-7-8(14)5-6-15-11/h1-7H,(H3,14,15,16,17). The molecule has 0 saturated carbocycles. The van der Waals surface area contributed by atoms with E-state index in [4.69, 9.17) is 5.73 Å². The summed E-state index contributed by atoms with van der Waals surface area (Å²) in [5, 5.41) is 2.47. The Hall–Kier alpha value is -2.43. The molecule has 0 bridgehead atoms. The molecule has 1 aromatic heterocycles. The molecule has 17 heavy (non-hydrogen) atoms. The molecule has 0 aliphatic heterocycles. The number of amides is 1. The topological polar surface area (TPSA) is 68.0 Å². The van der Waals surface area contributed by atoms with Crippen LogP contribution in [-0.2, 0) is 0 Å². The van der Waals surface area contributed by atoms with E-state index in [1.165, 1.54) is 30.5 Å². The summed E-state index contributed by atoms with van der Waals surface area (Å²) >= 11 is 0. The van der Waals surface area contributed by atoms with E-state index < -0.39 is 11.7 Å². The summed E-state index contributed by atoms with van der Waals surface area (Å²) in [6.07, 6.45) is 1.46. The van der Waals surface area contributed by atoms with Gasteiger partial charge in [0.2, 0.25) is 0 Å². The van der Waals surface area contributed by atoms with Gasteiger partial charge in [-0.25, -0.2) is 9.37 Å². The van der Waals surface area contributed by atoms with Crippen molar-refractivity contribution in [2.75, 3.05) is 11.1 Å². The first kappa shape index (κ1) is 11.1. The fraction of sp³-hybridized carbons (Fsp3) is 0. The second kappa shape index (κ2) is 4.61. The van der Waals surface area contributed by atoms with Crippen LogP contribution in [0, 0.1) is 5.82 Å². The molecule has 5 heteroatoms. The number of aromatic nitrogens is 1. The van der Waals surface area contributed by atoms with E-state index in [2.05, 4.69) is 10.3 Å². The number of nitrogens with two attached hydrogens (primary N) is 1. The Morgan fingerprint density at radius 1 is 1.29 bits per heavy atom. The zero-order valence-corrected chi connectivity index (χ0v) is 8.85. The molecule has 0 radical (unpaired) electrons. The molecule has 0 spiro atoms. The van der Waals surface area contributed by atoms with Crippen molar-refractivity contribution in [2.24, 2.45) is 0 Å². The fourth-order valence-corrected chi connectivity index (χ4v) is 1.34. The minimum Gasteiger partial charge on any atom is -0.399 e. The van der Waals surface area contributed by atoms with Crippen LogP contribution >= 0.6 is 0 Å². The van der Waals surface area contributed by atoms with Gasteiger partial charge in [0.05, 0.1) is 5.56 Å². The van der Waals surface area contributed by atoms with E-state index in [9.17, 15) is 9.18 Å². The predicted octanol–water partition coefficient (Wildman–Crippen LogP) is 2.06. The zero-order chi connectivity index (χ0) is 12.3. The molecule has 0 atom stereocenters. The normalized spacial score (nSPS) is 9.94. The number of rotatable bonds is 2. The van der Waals surface area contributed by atoms with E-state index in [0.717, 1.165) is 0 Å². The average molecular weight is 231 g/mol. The largest absolute Gasteiger partial charge is 0.399 e. The first-order chi connectivity index (χ1) is 8.16. The van der Waals surface area contributed by atoms with Crippen LogP contribution in [0.3, 0.4) is 0 Å². The van der Waals surface area contributed by atoms with Gasteiger partial charge in [-0.3, -0.25) is 4.79 Å². The van der Waals surface area contributed by atoms with Gasteiger partial charge in [-0.05, 0) is 18.2 Å². The van der Waals surface area contributed by atoms with Gasteiger partial charge < -0.3 is 11.1 Å². The van der Waals surface area contributed by atoms with E-state index >= 15 is 0 Å². The van der Waals surface area contributed by atoms with Crippen LogP contribution in [-0.4, -0.2) is 10.9 Å². The smallest absolute Gasteiger partial charge is 0.259 e. The van der Waals surface area contributed by atoms with Crippen LogP contribution in [0.1, 0.15) is 10.4 Å². The number of pyridine rings is 1. The zero-order valence-electron chi connectivity index (χ0n) is 8.85. The molecule has 86 valence electrons. The van der Waals surface area contributed by atoms with Crippen molar-refractivity contribution >= 4 is 17.4 Å². The minimum atomic E-state index is -0.575. The summed E-state index contributed by atoms with van der Waals surface area (Å²) in [6.45, 7) is 0. The van der Waals surface area contributed by atoms with Crippen molar-refractivity contribution in [3.8, 4) is 0 Å². The Morgan fingerprint density at radius 2 is 2.06 bits per heavy atom. The summed E-state index contributed by atoms with van der Waals surface area (Å²) in [4.78, 5) is 15.6. The highest BCUT2D eigenvalue weighted by Gasteiger charge is 2.11. The van der Waals surface area contributed by atoms with Crippen molar-refractivity contribution in [3.05, 3.63) is 54.0 Å². The number of nitrogens with zero attached hydrogens (tertiary/aromatic N) is 1. The van der Waals surface area contributed by atoms with Crippen LogP contribution < -0.4 is 11.1 Å². The summed E-state index contributed by atoms with van der Waals surface area (Å²) in [6, 6.07) is 8.83. The number of hydrogen-bond donors (Lipinski definition) is 2. The van der Waals surface area contributed by atoms with Crippen molar-refractivity contribution < 1.29 is 9.18 Å². The molecule has 1 aromatic carbocycles. The van der Waals surface area contributed by atoms with Crippen molar-refractivity contribution in [3.63, 3.8) is 0 Å². The quantitative estimate of drug-likeness (QED) is 0.831. The fourth-order valence-electron chi connectivity index (χ4n) is 1.34. The van der Waals surface area contributed by atoms with E-state index in [1.54, 1.807) is 12.1 Å². The first-order valence-corrected chi connectivity index (χ1v) is 4.94. The number of benzene rings is 1. The third-order valence-corrected chi connectivity index (χ3v) is 2.14. The van der Waals surface area contributed by atoms with Gasteiger partial charge in [-0.1, -0.05) is 12.1 Å². The lowest BCUT2D eigenvalue weighted by atomic mass is 10.2. The third kappa shape index (κ3) is 2.57. The molecule has 0 aliphatic rings. The maximum absolute atomic E-state index is 13.3. The highest BCUT2D eigenvalue weighted by molar-refractivity contribution is 6.04. The maximum Gasteiger partial charge on any atom is 0.259 e. The number of halogens is 1. The van der Waals surface area contributed by atoms with Crippen LogP contribution in [0.2, 0.25) is 0 Å². The Morgan fingerprint density at radius 3 is 2.76 bits per heavy atom. The van der Waals surface area contributed by atoms with Gasteiger partial charge in [0.1, 0.15) is 11.6 Å². The molecule has 0 aliphatic carbocycles. The highest BCUT2D eigenvalue weighted by Crippen LogP contribution is 2.11. The number of carbonyl (C=O) groups excluding carboxylic acids is 1. The lowest BCUT2D eigenvalue weighted by Gasteiger charge is -2.05. The van der Waals surface area contributed by atoms with Crippen LogP contribution in [0.15, 0.2) is 42.6 Å². The molecule has 0 saturated heterocycles. The van der Waals surface area contributed by atoms with Gasteiger partial charge >= 0.3 is 0 Å². The van der Waals surface area contributed by atoms with Crippen molar-refractivity contribution in [1.82, 2.24) is 4.98 Å². The summed E-state index contributed by atoms with van der Waals surface area (Å²) in [5.74, 6) is -0.839. The lowest BCUT2D eigenvalue weighted by Crippen LogP contribution is -2.14. The summed E-state index contributed by atoms with van der Waals surface area (Å²) in [5.41, 5.74) is 5.98. The molecule has 0 fully saturated rings. The molecule has 2 aromatic rings. The maximum atomic E-state index is 13.3.